The first-order chi connectivity index (χ1) is 19.6. The van der Waals surface area contributed by atoms with E-state index in [1.54, 1.807) is 29.2 Å². The van der Waals surface area contributed by atoms with Crippen molar-refractivity contribution in [3.63, 3.8) is 0 Å². The van der Waals surface area contributed by atoms with Gasteiger partial charge >= 0.3 is 0 Å². The van der Waals surface area contributed by atoms with Crippen LogP contribution in [0.3, 0.4) is 0 Å². The highest BCUT2D eigenvalue weighted by atomic mass is 35.5. The number of anilines is 1. The summed E-state index contributed by atoms with van der Waals surface area (Å²) in [7, 11) is -4.11. The van der Waals surface area contributed by atoms with Crippen LogP contribution in [0.2, 0.25) is 5.02 Å². The van der Waals surface area contributed by atoms with E-state index in [1.807, 2.05) is 37.3 Å². The average molecular weight is 596 g/mol. The molecule has 1 atom stereocenters. The molecular weight excluding hydrogens is 565 g/mol. The molecule has 0 aliphatic carbocycles. The van der Waals surface area contributed by atoms with E-state index in [1.165, 1.54) is 23.4 Å². The van der Waals surface area contributed by atoms with Gasteiger partial charge in [0.2, 0.25) is 5.91 Å². The number of nitrogens with one attached hydrogen (secondary N) is 1. The van der Waals surface area contributed by atoms with Crippen LogP contribution in [0.4, 0.5) is 10.1 Å². The van der Waals surface area contributed by atoms with Gasteiger partial charge in [-0.05, 0) is 79.4 Å². The zero-order chi connectivity index (χ0) is 29.4. The van der Waals surface area contributed by atoms with E-state index in [-0.39, 0.29) is 23.3 Å². The lowest BCUT2D eigenvalue weighted by Gasteiger charge is -2.43. The monoisotopic (exact) mass is 595 g/mol. The predicted octanol–water partition coefficient (Wildman–Crippen LogP) is 5.44. The molecule has 0 saturated carbocycles. The zero-order valence-electron chi connectivity index (χ0n) is 22.8. The van der Waals surface area contributed by atoms with Gasteiger partial charge in [0.05, 0.1) is 16.6 Å². The second-order valence-corrected chi connectivity index (χ2v) is 12.6. The molecule has 0 bridgehead atoms. The molecule has 1 spiro atoms. The van der Waals surface area contributed by atoms with Crippen LogP contribution >= 0.6 is 11.6 Å². The minimum absolute atomic E-state index is 0.0286. The van der Waals surface area contributed by atoms with Gasteiger partial charge in [0.1, 0.15) is 5.82 Å². The molecule has 1 N–H and O–H groups in total. The fourth-order valence-corrected chi connectivity index (χ4v) is 7.85. The molecule has 214 valence electrons. The van der Waals surface area contributed by atoms with Crippen molar-refractivity contribution in [2.24, 2.45) is 0 Å². The van der Waals surface area contributed by atoms with E-state index >= 15 is 0 Å². The molecule has 3 aromatic rings. The van der Waals surface area contributed by atoms with E-state index in [4.69, 9.17) is 11.6 Å². The van der Waals surface area contributed by atoms with Crippen LogP contribution in [0.1, 0.15) is 48.2 Å². The van der Waals surface area contributed by atoms with Crippen LogP contribution in [0.5, 0.6) is 0 Å². The molecule has 0 aromatic heterocycles. The van der Waals surface area contributed by atoms with Crippen molar-refractivity contribution in [1.82, 2.24) is 10.2 Å². The van der Waals surface area contributed by atoms with E-state index in [0.717, 1.165) is 23.3 Å². The Balaban J connectivity index is 1.59. The van der Waals surface area contributed by atoms with Crippen molar-refractivity contribution in [2.45, 2.75) is 49.6 Å². The first-order valence-corrected chi connectivity index (χ1v) is 15.2. The van der Waals surface area contributed by atoms with Crippen molar-refractivity contribution in [1.29, 1.82) is 0 Å². The summed E-state index contributed by atoms with van der Waals surface area (Å²) in [6.45, 7) is 4.50. The summed E-state index contributed by atoms with van der Waals surface area (Å²) in [5.41, 5.74) is 1.70. The molecule has 1 fully saturated rings. The number of sulfonamides is 1. The van der Waals surface area contributed by atoms with E-state index < -0.39 is 27.3 Å². The van der Waals surface area contributed by atoms with Crippen molar-refractivity contribution >= 4 is 39.1 Å². The number of carbonyl (C=O) groups excluding carboxylic acids is 2. The molecule has 0 radical (unpaired) electrons. The summed E-state index contributed by atoms with van der Waals surface area (Å²) in [5.74, 6) is -0.882. The number of halogens is 2. The van der Waals surface area contributed by atoms with Gasteiger partial charge < -0.3 is 10.2 Å². The lowest BCUT2D eigenvalue weighted by Crippen LogP contribution is -2.52. The molecule has 7 nitrogen and oxygen atoms in total. The van der Waals surface area contributed by atoms with Gasteiger partial charge in [-0.1, -0.05) is 42.0 Å². The Bertz CT molecular complexity index is 1620. The quantitative estimate of drug-likeness (QED) is 0.384. The highest BCUT2D eigenvalue weighted by Crippen LogP contribution is 2.53. The van der Waals surface area contributed by atoms with Crippen LogP contribution in [0, 0.1) is 5.82 Å². The molecule has 3 aromatic carbocycles. The first-order valence-electron chi connectivity index (χ1n) is 13.4. The standard InChI is InChI=1S/C31H31ClFN3O4S/c1-3-6-29-31(15-17-35(18-16-31)21(2)37)26-19-22(30(38)34-20-23-7-4-5-8-27(23)32)9-14-28(26)36(29)41(39,40)25-12-10-24(33)11-13-25/h3-14,19,29H,15-18,20H2,1-2H3,(H,34,38)/b6-3+. The Morgan fingerprint density at radius 2 is 1.76 bits per heavy atom. The van der Waals surface area contributed by atoms with Crippen LogP contribution in [-0.2, 0) is 26.8 Å². The maximum absolute atomic E-state index is 14.1. The third kappa shape index (κ3) is 5.24. The predicted molar refractivity (Wildman–Crippen MR) is 157 cm³/mol. The van der Waals surface area contributed by atoms with Gasteiger partial charge in [0.25, 0.3) is 15.9 Å². The average Bonchev–Trinajstić information content (AvgIpc) is 3.22. The second-order valence-electron chi connectivity index (χ2n) is 10.4. The summed E-state index contributed by atoms with van der Waals surface area (Å²) >= 11 is 6.26. The van der Waals surface area contributed by atoms with Gasteiger partial charge in [-0.3, -0.25) is 13.9 Å². The van der Waals surface area contributed by atoms with Gasteiger partial charge in [-0.25, -0.2) is 12.8 Å². The molecule has 2 amide bonds. The van der Waals surface area contributed by atoms with E-state index in [2.05, 4.69) is 5.32 Å². The maximum Gasteiger partial charge on any atom is 0.264 e. The summed E-state index contributed by atoms with van der Waals surface area (Å²) in [6.07, 6.45) is 4.70. The number of fused-ring (bicyclic) bond motifs is 2. The fraction of sp³-hybridized carbons (Fsp3) is 0.290. The number of likely N-dealkylation sites (tertiary alicyclic amines) is 1. The number of hydrogen-bond acceptors (Lipinski definition) is 4. The fourth-order valence-electron chi connectivity index (χ4n) is 5.95. The Hall–Kier alpha value is -3.69. The summed E-state index contributed by atoms with van der Waals surface area (Å²) in [5, 5.41) is 3.46. The molecule has 2 heterocycles. The Morgan fingerprint density at radius 3 is 2.39 bits per heavy atom. The molecule has 5 rings (SSSR count). The molecule has 41 heavy (non-hydrogen) atoms. The molecule has 1 saturated heterocycles. The SMILES string of the molecule is C/C=C/C1N(S(=O)(=O)c2ccc(F)cc2)c2ccc(C(=O)NCc3ccccc3Cl)cc2C12CCN(C(C)=O)CC2. The number of nitrogens with zero attached hydrogens (tertiary/aromatic N) is 2. The van der Waals surface area contributed by atoms with Crippen LogP contribution < -0.4 is 9.62 Å². The number of allylic oxidation sites excluding steroid dienone is 1. The largest absolute Gasteiger partial charge is 0.348 e. The van der Waals surface area contributed by atoms with Crippen LogP contribution in [0.25, 0.3) is 0 Å². The number of benzene rings is 3. The second kappa shape index (κ2) is 11.3. The van der Waals surface area contributed by atoms with Gasteiger partial charge in [0, 0.05) is 42.6 Å². The molecule has 2 aliphatic heterocycles. The maximum atomic E-state index is 14.1. The molecule has 10 heteroatoms. The Kier molecular flexibility index (Phi) is 7.94. The van der Waals surface area contributed by atoms with Crippen molar-refractivity contribution < 1.29 is 22.4 Å². The molecule has 1 unspecified atom stereocenters. The minimum Gasteiger partial charge on any atom is -0.348 e. The number of hydrogen-bond donors (Lipinski definition) is 1. The zero-order valence-corrected chi connectivity index (χ0v) is 24.4. The highest BCUT2D eigenvalue weighted by molar-refractivity contribution is 7.93. The number of rotatable bonds is 6. The molecule has 2 aliphatic rings. The van der Waals surface area contributed by atoms with Crippen molar-refractivity contribution in [3.8, 4) is 0 Å². The van der Waals surface area contributed by atoms with E-state index in [9.17, 15) is 22.4 Å². The number of piperidine rings is 1. The lowest BCUT2D eigenvalue weighted by atomic mass is 9.69. The third-order valence-electron chi connectivity index (χ3n) is 8.09. The van der Waals surface area contributed by atoms with Gasteiger partial charge in [-0.15, -0.1) is 0 Å². The van der Waals surface area contributed by atoms with Crippen LogP contribution in [-0.4, -0.2) is 44.3 Å². The number of amides is 2. The highest BCUT2D eigenvalue weighted by Gasteiger charge is 2.55. The topological polar surface area (TPSA) is 86.8 Å². The summed E-state index contributed by atoms with van der Waals surface area (Å²) in [4.78, 5) is 27.2. The summed E-state index contributed by atoms with van der Waals surface area (Å²) < 4.78 is 43.3. The minimum atomic E-state index is -4.11. The van der Waals surface area contributed by atoms with E-state index in [0.29, 0.717) is 42.2 Å². The lowest BCUT2D eigenvalue weighted by molar-refractivity contribution is -0.130. The first kappa shape index (κ1) is 28.8. The smallest absolute Gasteiger partial charge is 0.264 e. The Morgan fingerprint density at radius 1 is 1.07 bits per heavy atom. The third-order valence-corrected chi connectivity index (χ3v) is 10.3. The van der Waals surface area contributed by atoms with Crippen molar-refractivity contribution in [2.75, 3.05) is 17.4 Å². The summed E-state index contributed by atoms with van der Waals surface area (Å²) in [6, 6.07) is 16.5. The van der Waals surface area contributed by atoms with Crippen LogP contribution in [0.15, 0.2) is 83.8 Å². The van der Waals surface area contributed by atoms with Gasteiger partial charge in [0.15, 0.2) is 0 Å². The van der Waals surface area contributed by atoms with Crippen molar-refractivity contribution in [3.05, 3.63) is 106 Å². The Labute approximate surface area is 244 Å². The normalized spacial score (nSPS) is 18.1. The van der Waals surface area contributed by atoms with Gasteiger partial charge in [-0.2, -0.15) is 0 Å². The number of carbonyl (C=O) groups is 2. The molecular formula is C31H31ClFN3O4S.